The second-order valence-electron chi connectivity index (χ2n) is 7.87. The largest absolute Gasteiger partial charge is 0.256 e. The van der Waals surface area contributed by atoms with E-state index < -0.39 is 6.85 Å². The third-order valence-electron chi connectivity index (χ3n) is 5.86. The van der Waals surface area contributed by atoms with Gasteiger partial charge in [-0.05, 0) is 65.0 Å². The fourth-order valence-corrected chi connectivity index (χ4v) is 5.28. The van der Waals surface area contributed by atoms with Crippen molar-refractivity contribution in [1.82, 2.24) is 4.98 Å². The normalized spacial score (nSPS) is 13.1. The van der Waals surface area contributed by atoms with E-state index in [-0.39, 0.29) is 5.56 Å². The van der Waals surface area contributed by atoms with Gasteiger partial charge in [0.15, 0.2) is 0 Å². The molecule has 4 aromatic carbocycles. The molecule has 0 spiro atoms. The molecule has 6 rings (SSSR count). The number of hydrogen-bond donors (Lipinski definition) is 0. The summed E-state index contributed by atoms with van der Waals surface area (Å²) in [5.74, 6) is 0. The molecule has 0 aliphatic carbocycles. The maximum Gasteiger partial charge on any atom is 0.0708 e. The van der Waals surface area contributed by atoms with Crippen LogP contribution in [0, 0.1) is 6.85 Å². The Labute approximate surface area is 195 Å². The van der Waals surface area contributed by atoms with E-state index in [0.717, 1.165) is 16.8 Å². The van der Waals surface area contributed by atoms with Gasteiger partial charge in [-0.2, -0.15) is 0 Å². The van der Waals surface area contributed by atoms with Gasteiger partial charge in [-0.15, -0.1) is 11.3 Å². The number of fused-ring (bicyclic) bond motifs is 3. The molecule has 32 heavy (non-hydrogen) atoms. The quantitative estimate of drug-likeness (QED) is 0.273. The molecule has 0 N–H and O–H groups in total. The first-order chi connectivity index (χ1) is 17.0. The summed E-state index contributed by atoms with van der Waals surface area (Å²) >= 11 is 1.78. The Morgan fingerprint density at radius 2 is 1.25 bits per heavy atom. The minimum atomic E-state index is -2.24. The van der Waals surface area contributed by atoms with Crippen molar-refractivity contribution in [3.8, 4) is 33.5 Å². The van der Waals surface area contributed by atoms with Gasteiger partial charge in [0.25, 0.3) is 0 Å². The first-order valence-corrected chi connectivity index (χ1v) is 11.4. The number of rotatable bonds is 3. The molecule has 0 fully saturated rings. The summed E-state index contributed by atoms with van der Waals surface area (Å²) in [5.41, 5.74) is 5.94. The van der Waals surface area contributed by atoms with Gasteiger partial charge in [-0.3, -0.25) is 4.98 Å². The molecular weight excluding hydrogens is 406 g/mol. The zero-order valence-electron chi connectivity index (χ0n) is 20.2. The molecule has 0 aliphatic heterocycles. The van der Waals surface area contributed by atoms with Crippen LogP contribution in [0.5, 0.6) is 0 Å². The molecule has 0 amide bonds. The molecule has 152 valence electrons. The van der Waals surface area contributed by atoms with Gasteiger partial charge < -0.3 is 0 Å². The van der Waals surface area contributed by atoms with Crippen LogP contribution in [-0.2, 0) is 0 Å². The molecular formula is C30H21NS. The Kier molecular flexibility index (Phi) is 3.86. The first-order valence-electron chi connectivity index (χ1n) is 12.1. The van der Waals surface area contributed by atoms with E-state index >= 15 is 0 Å². The van der Waals surface area contributed by atoms with Crippen molar-refractivity contribution < 1.29 is 4.11 Å². The van der Waals surface area contributed by atoms with Gasteiger partial charge in [0.05, 0.1) is 5.69 Å². The predicted octanol–water partition coefficient (Wildman–Crippen LogP) is 8.76. The molecule has 0 radical (unpaired) electrons. The monoisotopic (exact) mass is 430 g/mol. The van der Waals surface area contributed by atoms with Gasteiger partial charge in [0, 0.05) is 36.0 Å². The van der Waals surface area contributed by atoms with E-state index in [1.807, 2.05) is 42.5 Å². The molecule has 0 atom stereocenters. The predicted molar refractivity (Wildman–Crippen MR) is 138 cm³/mol. The van der Waals surface area contributed by atoms with Crippen LogP contribution < -0.4 is 0 Å². The van der Waals surface area contributed by atoms with Crippen LogP contribution in [0.15, 0.2) is 109 Å². The van der Waals surface area contributed by atoms with Crippen molar-refractivity contribution in [2.75, 3.05) is 0 Å². The molecule has 0 saturated heterocycles. The number of hydrogen-bond acceptors (Lipinski definition) is 2. The van der Waals surface area contributed by atoms with Crippen molar-refractivity contribution in [2.45, 2.75) is 6.85 Å². The Hall–Kier alpha value is -3.75. The van der Waals surface area contributed by atoms with Gasteiger partial charge in [0.2, 0.25) is 0 Å². The molecule has 2 aromatic heterocycles. The number of aryl methyl sites for hydroxylation is 1. The van der Waals surface area contributed by atoms with Crippen LogP contribution in [0.4, 0.5) is 0 Å². The number of nitrogens with zero attached hydrogens (tertiary/aromatic N) is 1. The molecule has 0 bridgehead atoms. The van der Waals surface area contributed by atoms with Crippen molar-refractivity contribution >= 4 is 31.5 Å². The van der Waals surface area contributed by atoms with Crippen molar-refractivity contribution in [3.63, 3.8) is 0 Å². The fourth-order valence-electron chi connectivity index (χ4n) is 4.22. The average Bonchev–Trinajstić information content (AvgIpc) is 3.26. The number of aromatic nitrogens is 1. The highest BCUT2D eigenvalue weighted by Crippen LogP contribution is 2.38. The maximum absolute atomic E-state index is 8.00. The van der Waals surface area contributed by atoms with Crippen LogP contribution in [-0.4, -0.2) is 4.98 Å². The highest BCUT2D eigenvalue weighted by Gasteiger charge is 2.11. The molecule has 0 saturated carbocycles. The third-order valence-corrected chi connectivity index (χ3v) is 7.01. The van der Waals surface area contributed by atoms with Gasteiger partial charge in [-0.25, -0.2) is 0 Å². The van der Waals surface area contributed by atoms with Gasteiger partial charge >= 0.3 is 0 Å². The standard InChI is InChI=1S/C30H21NS/c1-20-19-31-28(18-25(20)22-10-6-3-7-11-22)24-13-15-30-27(17-24)26-16-23(12-14-29(26)32-30)21-8-4-2-5-9-21/h2-19H,1H3/i1D3. The Balaban J connectivity index is 1.51. The van der Waals surface area contributed by atoms with Crippen molar-refractivity contribution in [1.29, 1.82) is 0 Å². The lowest BCUT2D eigenvalue weighted by Gasteiger charge is -2.09. The van der Waals surface area contributed by atoms with E-state index in [1.165, 1.54) is 37.5 Å². The van der Waals surface area contributed by atoms with Gasteiger partial charge in [0.1, 0.15) is 0 Å². The van der Waals surface area contributed by atoms with Crippen LogP contribution in [0.3, 0.4) is 0 Å². The summed E-state index contributed by atoms with van der Waals surface area (Å²) in [4.78, 5) is 4.58. The van der Waals surface area contributed by atoms with Crippen LogP contribution in [0.25, 0.3) is 53.7 Å². The summed E-state index contributed by atoms with van der Waals surface area (Å²) in [6.07, 6.45) is 1.51. The number of thiophene rings is 1. The van der Waals surface area contributed by atoms with Crippen LogP contribution >= 0.6 is 11.3 Å². The van der Waals surface area contributed by atoms with Crippen LogP contribution in [0.1, 0.15) is 9.68 Å². The minimum absolute atomic E-state index is 0.266. The van der Waals surface area contributed by atoms with E-state index in [1.54, 1.807) is 11.3 Å². The van der Waals surface area contributed by atoms with E-state index in [9.17, 15) is 0 Å². The molecule has 0 aliphatic rings. The van der Waals surface area contributed by atoms with Crippen molar-refractivity contribution in [3.05, 3.63) is 115 Å². The van der Waals surface area contributed by atoms with E-state index in [4.69, 9.17) is 4.11 Å². The molecule has 0 unspecified atom stereocenters. The van der Waals surface area contributed by atoms with Crippen LogP contribution in [0.2, 0.25) is 0 Å². The summed E-state index contributed by atoms with van der Waals surface area (Å²) in [6, 6.07) is 35.0. The Morgan fingerprint density at radius 3 is 1.94 bits per heavy atom. The lowest BCUT2D eigenvalue weighted by atomic mass is 9.98. The number of pyridine rings is 1. The second-order valence-corrected chi connectivity index (χ2v) is 8.95. The highest BCUT2D eigenvalue weighted by molar-refractivity contribution is 7.25. The summed E-state index contributed by atoms with van der Waals surface area (Å²) in [7, 11) is 0. The Morgan fingerprint density at radius 1 is 0.625 bits per heavy atom. The topological polar surface area (TPSA) is 12.9 Å². The van der Waals surface area contributed by atoms with Crippen molar-refractivity contribution in [2.24, 2.45) is 0 Å². The zero-order chi connectivity index (χ0) is 24.0. The zero-order valence-corrected chi connectivity index (χ0v) is 18.1. The molecule has 2 heterocycles. The Bertz CT molecular complexity index is 1670. The fraction of sp³-hybridized carbons (Fsp3) is 0.0333. The average molecular weight is 431 g/mol. The van der Waals surface area contributed by atoms with Gasteiger partial charge in [-0.1, -0.05) is 72.8 Å². The third kappa shape index (κ3) is 3.30. The summed E-state index contributed by atoms with van der Waals surface area (Å²) in [5, 5.41) is 2.40. The lowest BCUT2D eigenvalue weighted by Crippen LogP contribution is -1.89. The van der Waals surface area contributed by atoms with E-state index in [0.29, 0.717) is 5.56 Å². The smallest absolute Gasteiger partial charge is 0.0708 e. The van der Waals surface area contributed by atoms with E-state index in [2.05, 4.69) is 65.6 Å². The lowest BCUT2D eigenvalue weighted by molar-refractivity contribution is 1.27. The molecule has 2 heteroatoms. The highest BCUT2D eigenvalue weighted by atomic mass is 32.1. The molecule has 6 aromatic rings. The maximum atomic E-state index is 8.00. The molecule has 1 nitrogen and oxygen atoms in total. The summed E-state index contributed by atoms with van der Waals surface area (Å²) < 4.78 is 26.5. The minimum Gasteiger partial charge on any atom is -0.256 e. The second kappa shape index (κ2) is 7.74. The number of benzene rings is 4. The SMILES string of the molecule is [2H]C([2H])([2H])c1cnc(-c2ccc3sc4ccc(-c5ccccc5)cc4c3c2)cc1-c1ccccc1. The summed E-state index contributed by atoms with van der Waals surface area (Å²) in [6.45, 7) is -2.24. The first kappa shape index (κ1) is 16.0.